The van der Waals surface area contributed by atoms with Crippen LogP contribution in [0.3, 0.4) is 0 Å². The molecule has 0 spiro atoms. The minimum Gasteiger partial charge on any atom is -0.486 e. The number of halogens is 2. The molecular formula is C26H33Cl2N3O6S. The van der Waals surface area contributed by atoms with Crippen molar-refractivity contribution in [2.45, 2.75) is 45.7 Å². The molecule has 38 heavy (non-hydrogen) atoms. The minimum atomic E-state index is -3.65. The third-order valence-electron chi connectivity index (χ3n) is 6.09. The molecule has 0 aromatic heterocycles. The second kappa shape index (κ2) is 13.4. The smallest absolute Gasteiger partial charge is 0.242 e. The summed E-state index contributed by atoms with van der Waals surface area (Å²) >= 11 is 12.7. The lowest BCUT2D eigenvalue weighted by molar-refractivity contribution is -0.141. The summed E-state index contributed by atoms with van der Waals surface area (Å²) in [6.45, 7) is 4.95. The predicted octanol–water partition coefficient (Wildman–Crippen LogP) is 4.25. The number of likely N-dealkylation sites (N-methyl/N-ethyl adjacent to an activating group) is 1. The van der Waals surface area contributed by atoms with E-state index in [4.69, 9.17) is 32.7 Å². The van der Waals surface area contributed by atoms with Crippen LogP contribution in [0.4, 0.5) is 5.69 Å². The number of nitrogens with zero attached hydrogens (tertiary/aromatic N) is 2. The number of benzene rings is 2. The Hall–Kier alpha value is -2.69. The van der Waals surface area contributed by atoms with Gasteiger partial charge in [0.15, 0.2) is 11.5 Å². The van der Waals surface area contributed by atoms with Crippen LogP contribution in [0, 0.1) is 0 Å². The maximum atomic E-state index is 13.5. The van der Waals surface area contributed by atoms with E-state index in [1.165, 1.54) is 9.21 Å². The van der Waals surface area contributed by atoms with Gasteiger partial charge in [-0.3, -0.25) is 13.9 Å². The molecule has 3 rings (SSSR count). The van der Waals surface area contributed by atoms with Gasteiger partial charge in [0.05, 0.1) is 11.9 Å². The molecule has 2 aromatic rings. The Morgan fingerprint density at radius 1 is 1.05 bits per heavy atom. The molecular weight excluding hydrogens is 553 g/mol. The highest BCUT2D eigenvalue weighted by Crippen LogP contribution is 2.35. The van der Waals surface area contributed by atoms with Crippen LogP contribution in [0.1, 0.15) is 38.7 Å². The van der Waals surface area contributed by atoms with Gasteiger partial charge in [0, 0.05) is 47.7 Å². The monoisotopic (exact) mass is 585 g/mol. The number of rotatable bonds is 12. The van der Waals surface area contributed by atoms with Crippen molar-refractivity contribution >= 4 is 50.7 Å². The van der Waals surface area contributed by atoms with E-state index in [0.717, 1.165) is 6.26 Å². The number of amides is 2. The summed E-state index contributed by atoms with van der Waals surface area (Å²) in [6.07, 6.45) is 1.72. The van der Waals surface area contributed by atoms with Crippen LogP contribution in [-0.2, 0) is 26.2 Å². The van der Waals surface area contributed by atoms with Gasteiger partial charge < -0.3 is 19.7 Å². The molecule has 12 heteroatoms. The average molecular weight is 587 g/mol. The third-order valence-corrected chi connectivity index (χ3v) is 8.00. The summed E-state index contributed by atoms with van der Waals surface area (Å²) < 4.78 is 37.6. The summed E-state index contributed by atoms with van der Waals surface area (Å²) in [5.74, 6) is 0.428. The van der Waals surface area contributed by atoms with Crippen molar-refractivity contribution < 1.29 is 27.5 Å². The fraction of sp³-hybridized carbons (Fsp3) is 0.462. The van der Waals surface area contributed by atoms with Crippen LogP contribution < -0.4 is 19.1 Å². The fourth-order valence-electron chi connectivity index (χ4n) is 4.26. The van der Waals surface area contributed by atoms with Gasteiger partial charge in [0.25, 0.3) is 0 Å². The van der Waals surface area contributed by atoms with Crippen LogP contribution in [0.15, 0.2) is 36.4 Å². The van der Waals surface area contributed by atoms with Crippen LogP contribution in [0.2, 0.25) is 10.0 Å². The van der Waals surface area contributed by atoms with Gasteiger partial charge in [0.1, 0.15) is 19.3 Å². The summed E-state index contributed by atoms with van der Waals surface area (Å²) in [5, 5.41) is 3.56. The Bertz CT molecular complexity index is 1240. The fourth-order valence-corrected chi connectivity index (χ4v) is 5.73. The maximum Gasteiger partial charge on any atom is 0.242 e. The highest BCUT2D eigenvalue weighted by Gasteiger charge is 2.30. The molecule has 1 N–H and O–H groups in total. The van der Waals surface area contributed by atoms with E-state index in [1.807, 2.05) is 6.92 Å². The Balaban J connectivity index is 1.80. The van der Waals surface area contributed by atoms with E-state index in [1.54, 1.807) is 43.3 Å². The predicted molar refractivity (Wildman–Crippen MR) is 149 cm³/mol. The van der Waals surface area contributed by atoms with Gasteiger partial charge in [-0.05, 0) is 44.0 Å². The number of ether oxygens (including phenoxy) is 2. The van der Waals surface area contributed by atoms with Crippen molar-refractivity contribution in [3.05, 3.63) is 52.0 Å². The number of sulfonamides is 1. The second-order valence-electron chi connectivity index (χ2n) is 8.81. The van der Waals surface area contributed by atoms with E-state index >= 15 is 0 Å². The number of fused-ring (bicyclic) bond motifs is 1. The first kappa shape index (κ1) is 29.9. The Labute approximate surface area is 234 Å². The number of hydrogen-bond donors (Lipinski definition) is 1. The first-order valence-corrected chi connectivity index (χ1v) is 15.0. The largest absolute Gasteiger partial charge is 0.486 e. The number of nitrogens with one attached hydrogen (secondary N) is 1. The number of hydrogen-bond acceptors (Lipinski definition) is 6. The highest BCUT2D eigenvalue weighted by atomic mass is 35.5. The first-order valence-electron chi connectivity index (χ1n) is 12.4. The standard InChI is InChI=1S/C26H33Cl2N3O6S/c1-4-22(26(33)29-5-2)30(17-19-20(27)8-6-9-21(19)28)25(32)10-7-13-31(38(3,34)35)18-11-12-23-24(16-18)37-15-14-36-23/h6,8-9,11-12,16,22H,4-5,7,10,13-15,17H2,1-3H3,(H,29,33)/t22-/m1/s1. The second-order valence-corrected chi connectivity index (χ2v) is 11.5. The third kappa shape index (κ3) is 7.45. The summed E-state index contributed by atoms with van der Waals surface area (Å²) in [4.78, 5) is 27.8. The van der Waals surface area contributed by atoms with Crippen molar-refractivity contribution in [2.24, 2.45) is 0 Å². The van der Waals surface area contributed by atoms with E-state index in [9.17, 15) is 18.0 Å². The zero-order chi connectivity index (χ0) is 27.9. The van der Waals surface area contributed by atoms with Crippen molar-refractivity contribution in [2.75, 3.05) is 36.9 Å². The highest BCUT2D eigenvalue weighted by molar-refractivity contribution is 7.92. The molecule has 2 aromatic carbocycles. The average Bonchev–Trinajstić information content (AvgIpc) is 2.87. The SMILES string of the molecule is CCNC(=O)[C@@H](CC)N(Cc1c(Cl)cccc1Cl)C(=O)CCCN(c1ccc2c(c1)OCCO2)S(C)(=O)=O. The topological polar surface area (TPSA) is 105 Å². The molecule has 0 aliphatic carbocycles. The van der Waals surface area contributed by atoms with E-state index in [2.05, 4.69) is 5.32 Å². The zero-order valence-corrected chi connectivity index (χ0v) is 24.0. The molecule has 1 aliphatic rings. The van der Waals surface area contributed by atoms with Gasteiger partial charge in [-0.2, -0.15) is 0 Å². The van der Waals surface area contributed by atoms with Crippen molar-refractivity contribution in [1.82, 2.24) is 10.2 Å². The molecule has 0 radical (unpaired) electrons. The van der Waals surface area contributed by atoms with Gasteiger partial charge in [0.2, 0.25) is 21.8 Å². The molecule has 1 atom stereocenters. The van der Waals surface area contributed by atoms with Crippen molar-refractivity contribution in [3.63, 3.8) is 0 Å². The van der Waals surface area contributed by atoms with E-state index < -0.39 is 16.1 Å². The van der Waals surface area contributed by atoms with Crippen LogP contribution in [0.5, 0.6) is 11.5 Å². The number of carbonyl (C=O) groups excluding carboxylic acids is 2. The van der Waals surface area contributed by atoms with Gasteiger partial charge in [-0.15, -0.1) is 0 Å². The molecule has 1 aliphatic heterocycles. The molecule has 1 heterocycles. The lowest BCUT2D eigenvalue weighted by Crippen LogP contribution is -2.49. The van der Waals surface area contributed by atoms with Crippen LogP contribution >= 0.6 is 23.2 Å². The Morgan fingerprint density at radius 3 is 2.32 bits per heavy atom. The normalized spacial score (nSPS) is 13.5. The molecule has 9 nitrogen and oxygen atoms in total. The molecule has 208 valence electrons. The maximum absolute atomic E-state index is 13.5. The Kier molecular flexibility index (Phi) is 10.5. The van der Waals surface area contributed by atoms with Crippen LogP contribution in [-0.4, -0.2) is 63.7 Å². The van der Waals surface area contributed by atoms with E-state index in [-0.39, 0.29) is 37.7 Å². The first-order chi connectivity index (χ1) is 18.1. The Morgan fingerprint density at radius 2 is 1.71 bits per heavy atom. The lowest BCUT2D eigenvalue weighted by Gasteiger charge is -2.31. The van der Waals surface area contributed by atoms with Crippen LogP contribution in [0.25, 0.3) is 0 Å². The van der Waals surface area contributed by atoms with Crippen molar-refractivity contribution in [1.29, 1.82) is 0 Å². The van der Waals surface area contributed by atoms with Gasteiger partial charge >= 0.3 is 0 Å². The molecule has 0 saturated carbocycles. The van der Waals surface area contributed by atoms with Gasteiger partial charge in [-0.1, -0.05) is 36.2 Å². The molecule has 0 unspecified atom stereocenters. The molecule has 0 saturated heterocycles. The number of carbonyl (C=O) groups is 2. The summed E-state index contributed by atoms with van der Waals surface area (Å²) in [5.41, 5.74) is 0.957. The van der Waals surface area contributed by atoms with Gasteiger partial charge in [-0.25, -0.2) is 8.42 Å². The molecule has 2 amide bonds. The summed E-state index contributed by atoms with van der Waals surface area (Å²) in [7, 11) is -3.65. The zero-order valence-electron chi connectivity index (χ0n) is 21.7. The molecule has 0 fully saturated rings. The molecule has 0 bridgehead atoms. The van der Waals surface area contributed by atoms with Crippen molar-refractivity contribution in [3.8, 4) is 11.5 Å². The lowest BCUT2D eigenvalue weighted by atomic mass is 10.1. The van der Waals surface area contributed by atoms with E-state index in [0.29, 0.717) is 59.0 Å². The number of anilines is 1. The quantitative estimate of drug-likeness (QED) is 0.399. The summed E-state index contributed by atoms with van der Waals surface area (Å²) in [6, 6.07) is 9.25. The minimum absolute atomic E-state index is 0.00848.